The van der Waals surface area contributed by atoms with Crippen LogP contribution in [0.2, 0.25) is 0 Å². The van der Waals surface area contributed by atoms with Crippen molar-refractivity contribution in [2.75, 3.05) is 4.90 Å². The first-order valence-corrected chi connectivity index (χ1v) is 11.9. The standard InChI is InChI=1S/C30H26N2O3/c1-20-7-2-3-9-23(20)19-35-24-15-13-21(14-16-24)25-17-29(34)32(26-10-5-4-8-22(26)18-31)27-11-6-12-28(33)30(25)27/h2-5,7-10,13-16,25H,6,11-12,17,19H2,1H3. The molecule has 0 fully saturated rings. The Hall–Kier alpha value is -4.17. The number of rotatable bonds is 5. The fraction of sp³-hybridized carbons (Fsp3) is 0.233. The summed E-state index contributed by atoms with van der Waals surface area (Å²) < 4.78 is 5.98. The van der Waals surface area contributed by atoms with Crippen LogP contribution in [0.4, 0.5) is 5.69 Å². The molecule has 1 heterocycles. The number of allylic oxidation sites excluding steroid dienone is 2. The maximum atomic E-state index is 13.4. The van der Waals surface area contributed by atoms with Crippen LogP contribution in [-0.2, 0) is 16.2 Å². The van der Waals surface area contributed by atoms with Crippen LogP contribution < -0.4 is 9.64 Å². The summed E-state index contributed by atoms with van der Waals surface area (Å²) in [7, 11) is 0. The average Bonchev–Trinajstić information content (AvgIpc) is 2.88. The predicted octanol–water partition coefficient (Wildman–Crippen LogP) is 5.97. The van der Waals surface area contributed by atoms with Gasteiger partial charge in [-0.3, -0.25) is 14.5 Å². The third-order valence-corrected chi connectivity index (χ3v) is 6.88. The Labute approximate surface area is 205 Å². The quantitative estimate of drug-likeness (QED) is 0.468. The zero-order valence-electron chi connectivity index (χ0n) is 19.7. The molecule has 0 saturated heterocycles. The summed E-state index contributed by atoms with van der Waals surface area (Å²) in [5.74, 6) is 0.447. The van der Waals surface area contributed by atoms with Gasteiger partial charge in [0.2, 0.25) is 5.91 Å². The number of ether oxygens (including phenoxy) is 1. The molecule has 5 heteroatoms. The molecule has 2 aliphatic rings. The molecule has 174 valence electrons. The molecular weight excluding hydrogens is 436 g/mol. The highest BCUT2D eigenvalue weighted by Gasteiger charge is 2.40. The maximum absolute atomic E-state index is 13.4. The summed E-state index contributed by atoms with van der Waals surface area (Å²) in [4.78, 5) is 28.1. The van der Waals surface area contributed by atoms with E-state index in [-0.39, 0.29) is 24.0 Å². The van der Waals surface area contributed by atoms with Crippen molar-refractivity contribution >= 4 is 17.4 Å². The Morgan fingerprint density at radius 2 is 1.71 bits per heavy atom. The first-order valence-electron chi connectivity index (χ1n) is 11.9. The Balaban J connectivity index is 1.45. The van der Waals surface area contributed by atoms with Gasteiger partial charge in [0.05, 0.1) is 11.3 Å². The van der Waals surface area contributed by atoms with Gasteiger partial charge in [-0.15, -0.1) is 0 Å². The fourth-order valence-electron chi connectivity index (χ4n) is 5.05. The van der Waals surface area contributed by atoms with Crippen LogP contribution in [0.1, 0.15) is 53.9 Å². The number of benzene rings is 3. The molecule has 1 amide bonds. The van der Waals surface area contributed by atoms with Crippen molar-refractivity contribution in [1.29, 1.82) is 5.26 Å². The maximum Gasteiger partial charge on any atom is 0.232 e. The van der Waals surface area contributed by atoms with Gasteiger partial charge < -0.3 is 4.74 Å². The van der Waals surface area contributed by atoms with Crippen LogP contribution >= 0.6 is 0 Å². The second-order valence-electron chi connectivity index (χ2n) is 9.04. The van der Waals surface area contributed by atoms with Crippen LogP contribution in [0.25, 0.3) is 0 Å². The molecule has 5 nitrogen and oxygen atoms in total. The molecule has 0 bridgehead atoms. The largest absolute Gasteiger partial charge is 0.489 e. The predicted molar refractivity (Wildman–Crippen MR) is 134 cm³/mol. The van der Waals surface area contributed by atoms with Gasteiger partial charge in [0, 0.05) is 30.0 Å². The van der Waals surface area contributed by atoms with Crippen LogP contribution in [0.5, 0.6) is 5.75 Å². The summed E-state index contributed by atoms with van der Waals surface area (Å²) in [6, 6.07) is 25.1. The summed E-state index contributed by atoms with van der Waals surface area (Å²) in [6.07, 6.45) is 2.01. The van der Waals surface area contributed by atoms with E-state index in [0.717, 1.165) is 22.6 Å². The van der Waals surface area contributed by atoms with Gasteiger partial charge in [-0.2, -0.15) is 5.26 Å². The van der Waals surface area contributed by atoms with Crippen molar-refractivity contribution in [3.8, 4) is 11.8 Å². The van der Waals surface area contributed by atoms with E-state index in [2.05, 4.69) is 25.1 Å². The van der Waals surface area contributed by atoms with Gasteiger partial charge in [0.15, 0.2) is 5.78 Å². The monoisotopic (exact) mass is 462 g/mol. The molecule has 3 aromatic carbocycles. The highest BCUT2D eigenvalue weighted by Crippen LogP contribution is 2.44. The second-order valence-corrected chi connectivity index (χ2v) is 9.04. The molecular formula is C30H26N2O3. The number of nitriles is 1. The number of hydrogen-bond acceptors (Lipinski definition) is 4. The molecule has 5 rings (SSSR count). The minimum absolute atomic E-state index is 0.0862. The lowest BCUT2D eigenvalue weighted by atomic mass is 9.77. The Kier molecular flexibility index (Phi) is 6.20. The fourth-order valence-corrected chi connectivity index (χ4v) is 5.05. The highest BCUT2D eigenvalue weighted by atomic mass is 16.5. The minimum Gasteiger partial charge on any atom is -0.489 e. The number of hydrogen-bond donors (Lipinski definition) is 0. The molecule has 1 atom stereocenters. The number of ketones is 1. The van der Waals surface area contributed by atoms with Gasteiger partial charge in [-0.25, -0.2) is 0 Å². The van der Waals surface area contributed by atoms with E-state index in [1.165, 1.54) is 5.56 Å². The Morgan fingerprint density at radius 1 is 0.971 bits per heavy atom. The number of amides is 1. The van der Waals surface area contributed by atoms with Crippen LogP contribution in [0.15, 0.2) is 84.1 Å². The van der Waals surface area contributed by atoms with Crippen molar-refractivity contribution in [1.82, 2.24) is 0 Å². The number of anilines is 1. The van der Waals surface area contributed by atoms with Crippen LogP contribution in [0, 0.1) is 18.3 Å². The van der Waals surface area contributed by atoms with E-state index in [1.807, 2.05) is 42.5 Å². The minimum atomic E-state index is -0.291. The van der Waals surface area contributed by atoms with Gasteiger partial charge in [-0.1, -0.05) is 48.5 Å². The number of carbonyl (C=O) groups excluding carboxylic acids is 2. The molecule has 35 heavy (non-hydrogen) atoms. The normalized spacial score (nSPS) is 17.7. The van der Waals surface area contributed by atoms with Crippen molar-refractivity contribution in [3.05, 3.63) is 106 Å². The molecule has 0 aromatic heterocycles. The molecule has 0 N–H and O–H groups in total. The number of para-hydroxylation sites is 1. The molecule has 0 radical (unpaired) electrons. The van der Waals surface area contributed by atoms with E-state index in [9.17, 15) is 14.9 Å². The summed E-state index contributed by atoms with van der Waals surface area (Å²) in [5.41, 5.74) is 5.68. The number of carbonyl (C=O) groups is 2. The van der Waals surface area contributed by atoms with Crippen molar-refractivity contribution in [2.45, 2.75) is 45.1 Å². The summed E-state index contributed by atoms with van der Waals surface area (Å²) >= 11 is 0. The lowest BCUT2D eigenvalue weighted by Gasteiger charge is -2.38. The number of Topliss-reactive ketones (excluding diaryl/α,β-unsaturated/α-hetero) is 1. The summed E-state index contributed by atoms with van der Waals surface area (Å²) in [6.45, 7) is 2.54. The number of aryl methyl sites for hydroxylation is 1. The average molecular weight is 463 g/mol. The van der Waals surface area contributed by atoms with Crippen molar-refractivity contribution in [3.63, 3.8) is 0 Å². The summed E-state index contributed by atoms with van der Waals surface area (Å²) in [5, 5.41) is 9.59. The van der Waals surface area contributed by atoms with E-state index in [1.54, 1.807) is 23.1 Å². The van der Waals surface area contributed by atoms with Gasteiger partial charge >= 0.3 is 0 Å². The second kappa shape index (κ2) is 9.60. The van der Waals surface area contributed by atoms with Crippen molar-refractivity contribution in [2.24, 2.45) is 0 Å². The first kappa shape index (κ1) is 22.6. The molecule has 1 aliphatic heterocycles. The highest BCUT2D eigenvalue weighted by molar-refractivity contribution is 6.08. The molecule has 0 spiro atoms. The molecule has 1 unspecified atom stereocenters. The topological polar surface area (TPSA) is 70.4 Å². The SMILES string of the molecule is Cc1ccccc1COc1ccc(C2CC(=O)N(c3ccccc3C#N)C3=C2C(=O)CCC3)cc1. The third-order valence-electron chi connectivity index (χ3n) is 6.88. The molecule has 0 saturated carbocycles. The third kappa shape index (κ3) is 4.36. The molecule has 3 aromatic rings. The van der Waals surface area contributed by atoms with Crippen LogP contribution in [-0.4, -0.2) is 11.7 Å². The van der Waals surface area contributed by atoms with E-state index in [4.69, 9.17) is 4.74 Å². The smallest absolute Gasteiger partial charge is 0.232 e. The number of nitrogens with zero attached hydrogens (tertiary/aromatic N) is 2. The Morgan fingerprint density at radius 3 is 2.49 bits per heavy atom. The van der Waals surface area contributed by atoms with Gasteiger partial charge in [0.1, 0.15) is 18.4 Å². The van der Waals surface area contributed by atoms with Crippen LogP contribution in [0.3, 0.4) is 0 Å². The zero-order valence-corrected chi connectivity index (χ0v) is 19.7. The van der Waals surface area contributed by atoms with E-state index < -0.39 is 0 Å². The molecule has 1 aliphatic carbocycles. The Bertz CT molecular complexity index is 1360. The van der Waals surface area contributed by atoms with E-state index >= 15 is 0 Å². The van der Waals surface area contributed by atoms with E-state index in [0.29, 0.717) is 42.7 Å². The van der Waals surface area contributed by atoms with Crippen molar-refractivity contribution < 1.29 is 14.3 Å². The zero-order chi connectivity index (χ0) is 24.4. The first-order chi connectivity index (χ1) is 17.1. The van der Waals surface area contributed by atoms with Gasteiger partial charge in [0.25, 0.3) is 0 Å². The van der Waals surface area contributed by atoms with Gasteiger partial charge in [-0.05, 0) is 60.7 Å². The lowest BCUT2D eigenvalue weighted by molar-refractivity contribution is -0.119. The lowest BCUT2D eigenvalue weighted by Crippen LogP contribution is -2.40.